The number of hydrogen-bond donors (Lipinski definition) is 1. The maximum atomic E-state index is 5.69. The van der Waals surface area contributed by atoms with Crippen molar-refractivity contribution in [2.75, 3.05) is 5.32 Å². The molecule has 108 valence electrons. The first kappa shape index (κ1) is 13.4. The Bertz CT molecular complexity index is 717. The van der Waals surface area contributed by atoms with Crippen molar-refractivity contribution in [3.8, 4) is 11.5 Å². The van der Waals surface area contributed by atoms with Crippen LogP contribution in [0.15, 0.2) is 45.6 Å². The Balaban J connectivity index is 1.76. The van der Waals surface area contributed by atoms with E-state index in [1.165, 1.54) is 6.39 Å². The predicted octanol–water partition coefficient (Wildman–Crippen LogP) is 3.81. The van der Waals surface area contributed by atoms with Crippen LogP contribution < -0.4 is 5.32 Å². The van der Waals surface area contributed by atoms with Crippen molar-refractivity contribution in [3.05, 3.63) is 53.8 Å². The zero-order chi connectivity index (χ0) is 14.7. The molecule has 1 N–H and O–H groups in total. The fourth-order valence-corrected chi connectivity index (χ4v) is 2.13. The van der Waals surface area contributed by atoms with E-state index < -0.39 is 0 Å². The molecule has 0 fully saturated rings. The summed E-state index contributed by atoms with van der Waals surface area (Å²) < 4.78 is 10.9. The smallest absolute Gasteiger partial charge is 0.247 e. The second-order valence-electron chi connectivity index (χ2n) is 4.85. The van der Waals surface area contributed by atoms with Gasteiger partial charge in [0.05, 0.1) is 6.54 Å². The zero-order valence-electron chi connectivity index (χ0n) is 12.1. The normalized spacial score (nSPS) is 10.8. The number of anilines is 1. The van der Waals surface area contributed by atoms with Gasteiger partial charge in [-0.25, -0.2) is 0 Å². The first-order valence-corrected chi connectivity index (χ1v) is 6.95. The number of aryl methyl sites for hydroxylation is 2. The summed E-state index contributed by atoms with van der Waals surface area (Å²) in [5.74, 6) is 2.45. The molecule has 0 unspecified atom stereocenters. The summed E-state index contributed by atoms with van der Waals surface area (Å²) >= 11 is 0. The lowest BCUT2D eigenvalue weighted by Gasteiger charge is -2.09. The highest BCUT2D eigenvalue weighted by atomic mass is 16.4. The fraction of sp³-hybridized carbons (Fsp3) is 0.250. The summed E-state index contributed by atoms with van der Waals surface area (Å²) in [6.45, 7) is 4.78. The summed E-state index contributed by atoms with van der Waals surface area (Å²) in [6.07, 6.45) is 2.24. The monoisotopic (exact) mass is 283 g/mol. The molecule has 0 aliphatic heterocycles. The van der Waals surface area contributed by atoms with Gasteiger partial charge >= 0.3 is 0 Å². The van der Waals surface area contributed by atoms with Crippen LogP contribution in [0, 0.1) is 6.92 Å². The van der Waals surface area contributed by atoms with Crippen molar-refractivity contribution in [1.82, 2.24) is 10.2 Å². The van der Waals surface area contributed by atoms with E-state index >= 15 is 0 Å². The number of nitrogens with zero attached hydrogens (tertiary/aromatic N) is 2. The molecule has 0 spiro atoms. The van der Waals surface area contributed by atoms with E-state index in [1.807, 2.05) is 30.3 Å². The molecule has 0 atom stereocenters. The molecule has 0 saturated heterocycles. The van der Waals surface area contributed by atoms with Gasteiger partial charge in [0.2, 0.25) is 12.3 Å². The highest BCUT2D eigenvalue weighted by Gasteiger charge is 2.07. The molecule has 3 rings (SSSR count). The van der Waals surface area contributed by atoms with Crippen molar-refractivity contribution < 1.29 is 8.83 Å². The average molecular weight is 283 g/mol. The lowest BCUT2D eigenvalue weighted by Crippen LogP contribution is -2.00. The predicted molar refractivity (Wildman–Crippen MR) is 79.9 cm³/mol. The number of benzene rings is 1. The molecule has 3 aromatic rings. The summed E-state index contributed by atoms with van der Waals surface area (Å²) in [5.41, 5.74) is 3.08. The summed E-state index contributed by atoms with van der Waals surface area (Å²) in [4.78, 5) is 0. The first-order valence-electron chi connectivity index (χ1n) is 6.95. The second-order valence-corrected chi connectivity index (χ2v) is 4.85. The van der Waals surface area contributed by atoms with Crippen LogP contribution in [-0.2, 0) is 13.0 Å². The molecular formula is C16H17N3O2. The van der Waals surface area contributed by atoms with Crippen molar-refractivity contribution in [2.45, 2.75) is 26.8 Å². The molecule has 5 heteroatoms. The molecule has 1 aromatic carbocycles. The number of nitrogens with one attached hydrogen (secondary N) is 1. The van der Waals surface area contributed by atoms with Crippen LogP contribution in [0.2, 0.25) is 0 Å². The van der Waals surface area contributed by atoms with E-state index in [1.54, 1.807) is 0 Å². The highest BCUT2D eigenvalue weighted by molar-refractivity contribution is 5.64. The highest BCUT2D eigenvalue weighted by Crippen LogP contribution is 2.24. The second kappa shape index (κ2) is 5.83. The van der Waals surface area contributed by atoms with Crippen LogP contribution in [0.25, 0.3) is 11.5 Å². The lowest BCUT2D eigenvalue weighted by molar-refractivity contribution is 0.476. The minimum absolute atomic E-state index is 0.518. The minimum Gasteiger partial charge on any atom is -0.464 e. The van der Waals surface area contributed by atoms with Crippen molar-refractivity contribution in [1.29, 1.82) is 0 Å². The molecule has 0 bridgehead atoms. The lowest BCUT2D eigenvalue weighted by atomic mass is 10.1. The Morgan fingerprint density at radius 1 is 1.14 bits per heavy atom. The van der Waals surface area contributed by atoms with E-state index in [2.05, 4.69) is 29.4 Å². The van der Waals surface area contributed by atoms with Crippen LogP contribution in [0.4, 0.5) is 5.69 Å². The van der Waals surface area contributed by atoms with E-state index in [0.717, 1.165) is 34.8 Å². The van der Waals surface area contributed by atoms with Gasteiger partial charge in [0.15, 0.2) is 0 Å². The summed E-state index contributed by atoms with van der Waals surface area (Å²) in [6, 6.07) is 10.0. The van der Waals surface area contributed by atoms with Gasteiger partial charge in [0.25, 0.3) is 0 Å². The molecule has 0 radical (unpaired) electrons. The third-order valence-electron chi connectivity index (χ3n) is 3.36. The Morgan fingerprint density at radius 2 is 2.00 bits per heavy atom. The van der Waals surface area contributed by atoms with Crippen molar-refractivity contribution in [3.63, 3.8) is 0 Å². The van der Waals surface area contributed by atoms with E-state index in [-0.39, 0.29) is 0 Å². The molecule has 0 saturated carbocycles. The summed E-state index contributed by atoms with van der Waals surface area (Å²) in [5, 5.41) is 11.0. The molecule has 2 heterocycles. The standard InChI is InChI=1S/C16H17N3O2/c1-3-13-6-7-14(21-13)9-17-15-8-12(5-4-11(15)2)16-19-18-10-20-16/h4-8,10,17H,3,9H2,1-2H3. The van der Waals surface area contributed by atoms with Crippen LogP contribution in [0.5, 0.6) is 0 Å². The third-order valence-corrected chi connectivity index (χ3v) is 3.36. The van der Waals surface area contributed by atoms with Gasteiger partial charge in [-0.05, 0) is 36.8 Å². The molecule has 2 aromatic heterocycles. The quantitative estimate of drug-likeness (QED) is 0.771. The zero-order valence-corrected chi connectivity index (χ0v) is 12.1. The van der Waals surface area contributed by atoms with Gasteiger partial charge in [-0.15, -0.1) is 10.2 Å². The first-order chi connectivity index (χ1) is 10.3. The number of rotatable bonds is 5. The Labute approximate surface area is 123 Å². The Kier molecular flexibility index (Phi) is 3.73. The fourth-order valence-electron chi connectivity index (χ4n) is 2.13. The third kappa shape index (κ3) is 2.97. The minimum atomic E-state index is 0.518. The van der Waals surface area contributed by atoms with Gasteiger partial charge in [0, 0.05) is 17.7 Å². The molecule has 21 heavy (non-hydrogen) atoms. The van der Waals surface area contributed by atoms with Crippen molar-refractivity contribution >= 4 is 5.69 Å². The van der Waals surface area contributed by atoms with Gasteiger partial charge < -0.3 is 14.2 Å². The maximum absolute atomic E-state index is 5.69. The number of hydrogen-bond acceptors (Lipinski definition) is 5. The molecule has 0 aliphatic carbocycles. The van der Waals surface area contributed by atoms with Crippen LogP contribution >= 0.6 is 0 Å². The van der Waals surface area contributed by atoms with E-state index in [4.69, 9.17) is 8.83 Å². The van der Waals surface area contributed by atoms with Crippen LogP contribution in [0.1, 0.15) is 24.0 Å². The molecule has 0 aliphatic rings. The number of furan rings is 1. The maximum Gasteiger partial charge on any atom is 0.247 e. The van der Waals surface area contributed by atoms with Gasteiger partial charge in [-0.3, -0.25) is 0 Å². The largest absolute Gasteiger partial charge is 0.464 e. The van der Waals surface area contributed by atoms with Crippen molar-refractivity contribution in [2.24, 2.45) is 0 Å². The van der Waals surface area contributed by atoms with E-state index in [9.17, 15) is 0 Å². The molecular weight excluding hydrogens is 266 g/mol. The van der Waals surface area contributed by atoms with E-state index in [0.29, 0.717) is 12.4 Å². The van der Waals surface area contributed by atoms with Gasteiger partial charge in [-0.2, -0.15) is 0 Å². The number of aromatic nitrogens is 2. The average Bonchev–Trinajstić information content (AvgIpc) is 3.18. The Hall–Kier alpha value is -2.56. The van der Waals surface area contributed by atoms with Gasteiger partial charge in [-0.1, -0.05) is 13.0 Å². The van der Waals surface area contributed by atoms with Crippen LogP contribution in [-0.4, -0.2) is 10.2 Å². The Morgan fingerprint density at radius 3 is 2.71 bits per heavy atom. The topological polar surface area (TPSA) is 64.1 Å². The van der Waals surface area contributed by atoms with Gasteiger partial charge in [0.1, 0.15) is 11.5 Å². The SMILES string of the molecule is CCc1ccc(CNc2cc(-c3nnco3)ccc2C)o1. The van der Waals surface area contributed by atoms with Crippen LogP contribution in [0.3, 0.4) is 0 Å². The molecule has 5 nitrogen and oxygen atoms in total. The molecule has 0 amide bonds. The summed E-state index contributed by atoms with van der Waals surface area (Å²) in [7, 11) is 0.